The molecule has 216 valence electrons. The second kappa shape index (κ2) is 14.0. The van der Waals surface area contributed by atoms with E-state index in [0.717, 1.165) is 50.2 Å². The first-order chi connectivity index (χ1) is 20.1. The molecule has 1 atom stereocenters. The summed E-state index contributed by atoms with van der Waals surface area (Å²) >= 11 is 0. The lowest BCUT2D eigenvalue weighted by atomic mass is 9.94. The van der Waals surface area contributed by atoms with E-state index >= 15 is 0 Å². The number of carbonyl (C=O) groups is 1. The maximum absolute atomic E-state index is 14.0. The molecule has 0 spiro atoms. The van der Waals surface area contributed by atoms with Gasteiger partial charge in [-0.15, -0.1) is 0 Å². The van der Waals surface area contributed by atoms with Gasteiger partial charge in [0.25, 0.3) is 0 Å². The van der Waals surface area contributed by atoms with Crippen molar-refractivity contribution >= 4 is 27.1 Å². The van der Waals surface area contributed by atoms with Crippen LogP contribution in [0.4, 0.5) is 0 Å². The highest BCUT2D eigenvalue weighted by Gasteiger charge is 2.34. The fourth-order valence-electron chi connectivity index (χ4n) is 5.31. The van der Waals surface area contributed by atoms with E-state index in [4.69, 9.17) is 14.2 Å². The zero-order valence-corrected chi connectivity index (χ0v) is 24.8. The van der Waals surface area contributed by atoms with Gasteiger partial charge in [0.1, 0.15) is 23.9 Å². The van der Waals surface area contributed by atoms with Crippen molar-refractivity contribution in [1.82, 2.24) is 4.90 Å². The molecule has 3 aromatic rings. The van der Waals surface area contributed by atoms with Crippen molar-refractivity contribution in [1.29, 1.82) is 0 Å². The summed E-state index contributed by atoms with van der Waals surface area (Å²) in [4.78, 5) is 17.5. The SMILES string of the molecule is CCCCCOc1ccc2c(c1)S(=O)C(c1ccc(OCCN3CCCC3)cc1)=C2C(=O)c1ccc(OCC)cc1. The molecule has 0 N–H and O–H groups in total. The molecule has 3 aromatic carbocycles. The molecule has 2 aliphatic heterocycles. The first kappa shape index (κ1) is 29.1. The third-order valence-electron chi connectivity index (χ3n) is 7.50. The first-order valence-corrected chi connectivity index (χ1v) is 15.9. The van der Waals surface area contributed by atoms with E-state index in [1.165, 1.54) is 12.8 Å². The summed E-state index contributed by atoms with van der Waals surface area (Å²) < 4.78 is 31.5. The summed E-state index contributed by atoms with van der Waals surface area (Å²) in [6.07, 6.45) is 5.70. The molecule has 0 bridgehead atoms. The van der Waals surface area contributed by atoms with Gasteiger partial charge in [-0.3, -0.25) is 9.69 Å². The number of ether oxygens (including phenoxy) is 3. The molecule has 6 nitrogen and oxygen atoms in total. The van der Waals surface area contributed by atoms with Crippen molar-refractivity contribution in [2.24, 2.45) is 0 Å². The Morgan fingerprint density at radius 3 is 2.17 bits per heavy atom. The smallest absolute Gasteiger partial charge is 0.194 e. The number of rotatable bonds is 14. The van der Waals surface area contributed by atoms with Crippen LogP contribution in [-0.2, 0) is 10.8 Å². The summed E-state index contributed by atoms with van der Waals surface area (Å²) in [6, 6.07) is 20.3. The van der Waals surface area contributed by atoms with Gasteiger partial charge >= 0.3 is 0 Å². The van der Waals surface area contributed by atoms with E-state index in [2.05, 4.69) is 11.8 Å². The number of nitrogens with zero attached hydrogens (tertiary/aromatic N) is 1. The van der Waals surface area contributed by atoms with Gasteiger partial charge in [0.05, 0.1) is 33.8 Å². The number of hydrogen-bond acceptors (Lipinski definition) is 6. The standard InChI is InChI=1S/C34H39NO5S/c1-3-5-8-22-39-29-17-18-30-31(24-29)41(37)34(32(30)33(36)25-9-13-27(14-10-25)38-4-2)26-11-15-28(16-12-26)40-23-21-35-19-6-7-20-35/h9-18,24H,3-8,19-23H2,1-2H3. The molecule has 5 rings (SSSR count). The van der Waals surface area contributed by atoms with Crippen molar-refractivity contribution < 1.29 is 23.2 Å². The van der Waals surface area contributed by atoms with Crippen LogP contribution in [0.1, 0.15) is 67.4 Å². The Labute approximate surface area is 245 Å². The zero-order chi connectivity index (χ0) is 28.6. The van der Waals surface area contributed by atoms with Crippen molar-refractivity contribution in [3.8, 4) is 17.2 Å². The fraction of sp³-hybridized carbons (Fsp3) is 0.382. The van der Waals surface area contributed by atoms with Crippen LogP contribution in [0, 0.1) is 0 Å². The van der Waals surface area contributed by atoms with Gasteiger partial charge in [0.2, 0.25) is 0 Å². The number of allylic oxidation sites excluding steroid dienone is 1. The van der Waals surface area contributed by atoms with Crippen LogP contribution in [0.3, 0.4) is 0 Å². The molecule has 7 heteroatoms. The van der Waals surface area contributed by atoms with Crippen LogP contribution in [0.25, 0.3) is 10.5 Å². The third-order valence-corrected chi connectivity index (χ3v) is 9.05. The molecule has 0 saturated carbocycles. The lowest BCUT2D eigenvalue weighted by Gasteiger charge is -2.15. The Kier molecular flexibility index (Phi) is 9.91. The van der Waals surface area contributed by atoms with Gasteiger partial charge in [-0.1, -0.05) is 31.9 Å². The molecule has 1 fully saturated rings. The van der Waals surface area contributed by atoms with Gasteiger partial charge < -0.3 is 14.2 Å². The largest absolute Gasteiger partial charge is 0.494 e. The van der Waals surface area contributed by atoms with Crippen molar-refractivity contribution in [2.75, 3.05) is 39.5 Å². The number of likely N-dealkylation sites (tertiary alicyclic amines) is 1. The number of benzene rings is 3. The maximum atomic E-state index is 14.0. The lowest BCUT2D eigenvalue weighted by molar-refractivity contribution is 0.105. The molecule has 0 amide bonds. The van der Waals surface area contributed by atoms with E-state index in [1.807, 2.05) is 49.4 Å². The highest BCUT2D eigenvalue weighted by atomic mass is 32.2. The Morgan fingerprint density at radius 2 is 1.46 bits per heavy atom. The molecule has 41 heavy (non-hydrogen) atoms. The first-order valence-electron chi connectivity index (χ1n) is 14.8. The Morgan fingerprint density at radius 1 is 0.805 bits per heavy atom. The monoisotopic (exact) mass is 573 g/mol. The lowest BCUT2D eigenvalue weighted by Crippen LogP contribution is -2.25. The van der Waals surface area contributed by atoms with Crippen molar-refractivity contribution in [3.63, 3.8) is 0 Å². The highest BCUT2D eigenvalue weighted by molar-refractivity contribution is 7.95. The summed E-state index contributed by atoms with van der Waals surface area (Å²) in [7, 11) is -1.54. The van der Waals surface area contributed by atoms with Crippen LogP contribution >= 0.6 is 0 Å². The number of hydrogen-bond donors (Lipinski definition) is 0. The molecule has 0 radical (unpaired) electrons. The molecule has 1 unspecified atom stereocenters. The van der Waals surface area contributed by atoms with Crippen molar-refractivity contribution in [2.45, 2.75) is 50.8 Å². The minimum atomic E-state index is -1.54. The van der Waals surface area contributed by atoms with E-state index in [0.29, 0.717) is 57.8 Å². The zero-order valence-electron chi connectivity index (χ0n) is 24.0. The van der Waals surface area contributed by atoms with Crippen LogP contribution in [-0.4, -0.2) is 54.3 Å². The molecular formula is C34H39NO5S. The van der Waals surface area contributed by atoms with Gasteiger partial charge in [0, 0.05) is 23.2 Å². The molecule has 2 aliphatic rings. The summed E-state index contributed by atoms with van der Waals surface area (Å²) in [5.41, 5.74) is 2.41. The van der Waals surface area contributed by atoms with E-state index < -0.39 is 10.8 Å². The molecule has 0 aromatic heterocycles. The quantitative estimate of drug-likeness (QED) is 0.153. The second-order valence-electron chi connectivity index (χ2n) is 10.4. The van der Waals surface area contributed by atoms with E-state index in [9.17, 15) is 9.00 Å². The summed E-state index contributed by atoms with van der Waals surface area (Å²) in [5, 5.41) is 0. The van der Waals surface area contributed by atoms with Crippen molar-refractivity contribution in [3.05, 3.63) is 83.4 Å². The summed E-state index contributed by atoms with van der Waals surface area (Å²) in [5.74, 6) is 1.97. The minimum Gasteiger partial charge on any atom is -0.494 e. The Balaban J connectivity index is 1.43. The summed E-state index contributed by atoms with van der Waals surface area (Å²) in [6.45, 7) is 9.05. The number of ketones is 1. The highest BCUT2D eigenvalue weighted by Crippen LogP contribution is 2.45. The number of Topliss-reactive ketones (excluding diaryl/α,β-unsaturated/α-hetero) is 1. The number of carbonyl (C=O) groups excluding carboxylic acids is 1. The van der Waals surface area contributed by atoms with Gasteiger partial charge in [-0.25, -0.2) is 4.21 Å². The fourth-order valence-corrected chi connectivity index (χ4v) is 6.86. The van der Waals surface area contributed by atoms with Crippen LogP contribution in [0.5, 0.6) is 17.2 Å². The number of fused-ring (bicyclic) bond motifs is 1. The van der Waals surface area contributed by atoms with Gasteiger partial charge in [-0.05, 0) is 99.4 Å². The van der Waals surface area contributed by atoms with Gasteiger partial charge in [0.15, 0.2) is 5.78 Å². The molecule has 0 aliphatic carbocycles. The van der Waals surface area contributed by atoms with E-state index in [1.54, 1.807) is 24.3 Å². The molecule has 1 saturated heterocycles. The average Bonchev–Trinajstić information content (AvgIpc) is 3.62. The normalized spacial score (nSPS) is 16.6. The minimum absolute atomic E-state index is 0.169. The predicted octanol–water partition coefficient (Wildman–Crippen LogP) is 7.00. The predicted molar refractivity (Wildman–Crippen MR) is 164 cm³/mol. The topological polar surface area (TPSA) is 65.1 Å². The third kappa shape index (κ3) is 6.91. The number of unbranched alkanes of at least 4 members (excludes halogenated alkanes) is 2. The maximum Gasteiger partial charge on any atom is 0.194 e. The Bertz CT molecular complexity index is 1390. The average molecular weight is 574 g/mol. The molecule has 2 heterocycles. The molecular weight excluding hydrogens is 534 g/mol. The van der Waals surface area contributed by atoms with E-state index in [-0.39, 0.29) is 5.78 Å². The Hall–Kier alpha value is -3.42. The van der Waals surface area contributed by atoms with Crippen LogP contribution < -0.4 is 14.2 Å². The van der Waals surface area contributed by atoms with Crippen LogP contribution in [0.2, 0.25) is 0 Å². The second-order valence-corrected chi connectivity index (χ2v) is 11.8. The van der Waals surface area contributed by atoms with Crippen LogP contribution in [0.15, 0.2) is 71.6 Å². The van der Waals surface area contributed by atoms with Gasteiger partial charge in [-0.2, -0.15) is 0 Å².